The molecular formula is C6H9NO5. The van der Waals surface area contributed by atoms with Gasteiger partial charge < -0.3 is 14.9 Å². The molecule has 0 aromatic rings. The van der Waals surface area contributed by atoms with Crippen molar-refractivity contribution in [3.63, 3.8) is 0 Å². The average molecular weight is 175 g/mol. The van der Waals surface area contributed by atoms with Crippen molar-refractivity contribution >= 4 is 12.1 Å². The monoisotopic (exact) mass is 175 g/mol. The second-order valence-corrected chi connectivity index (χ2v) is 2.46. The molecule has 12 heavy (non-hydrogen) atoms. The quantitative estimate of drug-likeness (QED) is 0.567. The second-order valence-electron chi connectivity index (χ2n) is 2.46. The number of carboxylic acid groups (broad SMARTS) is 1. The van der Waals surface area contributed by atoms with Crippen molar-refractivity contribution in [3.8, 4) is 0 Å². The number of hydrogen-bond acceptors (Lipinski definition) is 4. The lowest BCUT2D eigenvalue weighted by Gasteiger charge is -2.07. The SMILES string of the molecule is O=C(O)CN1CC(CO)OC1=O. The number of carbonyl (C=O) groups is 2. The minimum absolute atomic E-state index is 0.141. The van der Waals surface area contributed by atoms with Crippen LogP contribution in [0.25, 0.3) is 0 Å². The van der Waals surface area contributed by atoms with E-state index in [2.05, 4.69) is 4.74 Å². The summed E-state index contributed by atoms with van der Waals surface area (Å²) in [5.74, 6) is -1.09. The summed E-state index contributed by atoms with van der Waals surface area (Å²) in [5, 5.41) is 16.9. The third-order valence-corrected chi connectivity index (χ3v) is 1.48. The molecular weight excluding hydrogens is 166 g/mol. The van der Waals surface area contributed by atoms with E-state index >= 15 is 0 Å². The standard InChI is InChI=1S/C6H9NO5/c8-3-4-1-7(2-5(9)10)6(11)12-4/h4,8H,1-3H2,(H,9,10). The first-order valence-corrected chi connectivity index (χ1v) is 3.41. The average Bonchev–Trinajstić information content (AvgIpc) is 2.31. The van der Waals surface area contributed by atoms with E-state index in [0.29, 0.717) is 0 Å². The maximum absolute atomic E-state index is 10.8. The molecule has 1 atom stereocenters. The van der Waals surface area contributed by atoms with Gasteiger partial charge >= 0.3 is 12.1 Å². The van der Waals surface area contributed by atoms with Crippen LogP contribution < -0.4 is 0 Å². The highest BCUT2D eigenvalue weighted by Gasteiger charge is 2.31. The van der Waals surface area contributed by atoms with E-state index < -0.39 is 18.2 Å². The summed E-state index contributed by atoms with van der Waals surface area (Å²) in [6, 6.07) is 0. The lowest BCUT2D eigenvalue weighted by Crippen LogP contribution is -2.31. The van der Waals surface area contributed by atoms with Crippen LogP contribution in [-0.2, 0) is 9.53 Å². The minimum Gasteiger partial charge on any atom is -0.480 e. The zero-order valence-electron chi connectivity index (χ0n) is 6.27. The van der Waals surface area contributed by atoms with E-state index in [9.17, 15) is 9.59 Å². The maximum Gasteiger partial charge on any atom is 0.410 e. The van der Waals surface area contributed by atoms with Crippen molar-refractivity contribution < 1.29 is 24.5 Å². The Labute approximate surface area is 68.3 Å². The molecule has 1 heterocycles. The molecule has 1 fully saturated rings. The van der Waals surface area contributed by atoms with Crippen molar-refractivity contribution in [3.05, 3.63) is 0 Å². The minimum atomic E-state index is -1.09. The number of carboxylic acids is 1. The lowest BCUT2D eigenvalue weighted by molar-refractivity contribution is -0.137. The number of hydrogen-bond donors (Lipinski definition) is 2. The first-order chi connectivity index (χ1) is 5.63. The van der Waals surface area contributed by atoms with Gasteiger partial charge in [0.2, 0.25) is 0 Å². The van der Waals surface area contributed by atoms with Crippen LogP contribution in [0.5, 0.6) is 0 Å². The summed E-state index contributed by atoms with van der Waals surface area (Å²) in [7, 11) is 0. The highest BCUT2D eigenvalue weighted by atomic mass is 16.6. The maximum atomic E-state index is 10.8. The highest BCUT2D eigenvalue weighted by molar-refractivity contribution is 5.77. The van der Waals surface area contributed by atoms with Gasteiger partial charge in [-0.1, -0.05) is 0 Å². The molecule has 1 amide bonds. The summed E-state index contributed by atoms with van der Waals surface area (Å²) in [6.07, 6.45) is -1.27. The molecule has 0 saturated carbocycles. The first-order valence-electron chi connectivity index (χ1n) is 3.41. The van der Waals surface area contributed by atoms with E-state index in [4.69, 9.17) is 10.2 Å². The van der Waals surface area contributed by atoms with Gasteiger partial charge in [-0.15, -0.1) is 0 Å². The Morgan fingerprint density at radius 2 is 2.42 bits per heavy atom. The predicted molar refractivity (Wildman–Crippen MR) is 36.6 cm³/mol. The van der Waals surface area contributed by atoms with Crippen molar-refractivity contribution in [2.75, 3.05) is 19.7 Å². The topological polar surface area (TPSA) is 87.1 Å². The number of cyclic esters (lactones) is 1. The smallest absolute Gasteiger partial charge is 0.410 e. The number of nitrogens with zero attached hydrogens (tertiary/aromatic N) is 1. The van der Waals surface area contributed by atoms with Crippen LogP contribution in [-0.4, -0.2) is 53.0 Å². The van der Waals surface area contributed by atoms with Crippen molar-refractivity contribution in [2.45, 2.75) is 6.10 Å². The summed E-state index contributed by atoms with van der Waals surface area (Å²) in [5.41, 5.74) is 0. The van der Waals surface area contributed by atoms with Gasteiger partial charge in [0.05, 0.1) is 13.2 Å². The van der Waals surface area contributed by atoms with Gasteiger partial charge in [0.15, 0.2) is 0 Å². The number of aliphatic hydroxyl groups is 1. The fourth-order valence-corrected chi connectivity index (χ4v) is 0.962. The molecule has 1 aliphatic rings. The molecule has 6 nitrogen and oxygen atoms in total. The van der Waals surface area contributed by atoms with E-state index in [0.717, 1.165) is 4.90 Å². The summed E-state index contributed by atoms with van der Waals surface area (Å²) in [6.45, 7) is -0.515. The molecule has 0 aliphatic carbocycles. The van der Waals surface area contributed by atoms with Gasteiger partial charge in [-0.2, -0.15) is 0 Å². The Bertz CT molecular complexity index is 204. The van der Waals surface area contributed by atoms with Crippen LogP contribution in [0.1, 0.15) is 0 Å². The summed E-state index contributed by atoms with van der Waals surface area (Å²) >= 11 is 0. The Morgan fingerprint density at radius 3 is 2.83 bits per heavy atom. The molecule has 68 valence electrons. The van der Waals surface area contributed by atoms with Crippen LogP contribution in [0.3, 0.4) is 0 Å². The van der Waals surface area contributed by atoms with Gasteiger partial charge in [-0.05, 0) is 0 Å². The first kappa shape index (κ1) is 8.79. The molecule has 6 heteroatoms. The van der Waals surface area contributed by atoms with Crippen molar-refractivity contribution in [2.24, 2.45) is 0 Å². The molecule has 1 aliphatic heterocycles. The van der Waals surface area contributed by atoms with Gasteiger partial charge in [0.25, 0.3) is 0 Å². The molecule has 2 N–H and O–H groups in total. The van der Waals surface area contributed by atoms with Crippen LogP contribution in [0.2, 0.25) is 0 Å². The Balaban J connectivity index is 2.46. The van der Waals surface area contributed by atoms with E-state index in [1.807, 2.05) is 0 Å². The van der Waals surface area contributed by atoms with Gasteiger partial charge in [0.1, 0.15) is 12.6 Å². The number of aliphatic hydroxyl groups excluding tert-OH is 1. The molecule has 1 rings (SSSR count). The molecule has 0 radical (unpaired) electrons. The van der Waals surface area contributed by atoms with E-state index in [-0.39, 0.29) is 19.7 Å². The third-order valence-electron chi connectivity index (χ3n) is 1.48. The fourth-order valence-electron chi connectivity index (χ4n) is 0.962. The van der Waals surface area contributed by atoms with Gasteiger partial charge in [-0.3, -0.25) is 9.69 Å². The van der Waals surface area contributed by atoms with Crippen LogP contribution >= 0.6 is 0 Å². The zero-order chi connectivity index (χ0) is 9.14. The summed E-state index contributed by atoms with van der Waals surface area (Å²) in [4.78, 5) is 22.0. The van der Waals surface area contributed by atoms with Crippen LogP contribution in [0, 0.1) is 0 Å². The Morgan fingerprint density at radius 1 is 1.75 bits per heavy atom. The Kier molecular flexibility index (Phi) is 2.49. The molecule has 0 bridgehead atoms. The number of amides is 1. The molecule has 1 saturated heterocycles. The van der Waals surface area contributed by atoms with Crippen molar-refractivity contribution in [1.82, 2.24) is 4.90 Å². The molecule has 0 spiro atoms. The lowest BCUT2D eigenvalue weighted by atomic mass is 10.4. The number of carbonyl (C=O) groups excluding carboxylic acids is 1. The van der Waals surface area contributed by atoms with Crippen molar-refractivity contribution in [1.29, 1.82) is 0 Å². The van der Waals surface area contributed by atoms with Crippen LogP contribution in [0.15, 0.2) is 0 Å². The molecule has 0 aromatic carbocycles. The van der Waals surface area contributed by atoms with Gasteiger partial charge in [0, 0.05) is 0 Å². The van der Waals surface area contributed by atoms with E-state index in [1.54, 1.807) is 0 Å². The highest BCUT2D eigenvalue weighted by Crippen LogP contribution is 2.09. The normalized spacial score (nSPS) is 22.6. The third kappa shape index (κ3) is 1.85. The zero-order valence-corrected chi connectivity index (χ0v) is 6.27. The number of aliphatic carboxylic acids is 1. The van der Waals surface area contributed by atoms with Gasteiger partial charge in [-0.25, -0.2) is 4.79 Å². The Hall–Kier alpha value is -1.30. The fraction of sp³-hybridized carbons (Fsp3) is 0.667. The number of rotatable bonds is 3. The second kappa shape index (κ2) is 3.40. The molecule has 1 unspecified atom stereocenters. The van der Waals surface area contributed by atoms with E-state index in [1.165, 1.54) is 0 Å². The largest absolute Gasteiger partial charge is 0.480 e. The predicted octanol–water partition coefficient (Wildman–Crippen LogP) is -1.12. The van der Waals surface area contributed by atoms with Crippen LogP contribution in [0.4, 0.5) is 4.79 Å². The number of ether oxygens (including phenoxy) is 1. The summed E-state index contributed by atoms with van der Waals surface area (Å²) < 4.78 is 4.60. The molecule has 0 aromatic heterocycles.